The van der Waals surface area contributed by atoms with Crippen molar-refractivity contribution in [2.45, 2.75) is 38.5 Å². The normalized spacial score (nSPS) is 23.1. The number of para-hydroxylation sites is 1. The summed E-state index contributed by atoms with van der Waals surface area (Å²) in [5.74, 6) is 1.09. The lowest BCUT2D eigenvalue weighted by molar-refractivity contribution is -0.142. The van der Waals surface area contributed by atoms with Crippen LogP contribution < -0.4 is 10.1 Å². The molecule has 0 radical (unpaired) electrons. The number of halogens is 1. The second-order valence-corrected chi connectivity index (χ2v) is 8.84. The van der Waals surface area contributed by atoms with Gasteiger partial charge in [0, 0.05) is 32.7 Å². The molecule has 1 unspecified atom stereocenters. The number of amides is 2. The van der Waals surface area contributed by atoms with Crippen LogP contribution in [0.25, 0.3) is 0 Å². The fraction of sp³-hybridized carbons (Fsp3) is 0.652. The van der Waals surface area contributed by atoms with Crippen molar-refractivity contribution in [3.63, 3.8) is 0 Å². The summed E-state index contributed by atoms with van der Waals surface area (Å²) >= 11 is 0. The monoisotopic (exact) mass is 435 g/mol. The van der Waals surface area contributed by atoms with Gasteiger partial charge in [0.15, 0.2) is 0 Å². The molecule has 3 fully saturated rings. The van der Waals surface area contributed by atoms with Gasteiger partial charge in [0.1, 0.15) is 5.75 Å². The van der Waals surface area contributed by atoms with Crippen molar-refractivity contribution in [2.75, 3.05) is 45.9 Å². The summed E-state index contributed by atoms with van der Waals surface area (Å²) in [6.45, 7) is 5.65. The molecule has 3 heterocycles. The molecular formula is C23H34ClN3O3. The van der Waals surface area contributed by atoms with Crippen molar-refractivity contribution in [1.82, 2.24) is 15.1 Å². The van der Waals surface area contributed by atoms with Crippen LogP contribution in [0.1, 0.15) is 38.5 Å². The predicted molar refractivity (Wildman–Crippen MR) is 119 cm³/mol. The maximum atomic E-state index is 13.1. The highest BCUT2D eigenvalue weighted by Crippen LogP contribution is 2.37. The average molecular weight is 436 g/mol. The third kappa shape index (κ3) is 5.46. The minimum absolute atomic E-state index is 0. The summed E-state index contributed by atoms with van der Waals surface area (Å²) in [7, 11) is 0. The van der Waals surface area contributed by atoms with Gasteiger partial charge in [-0.15, -0.1) is 12.4 Å². The number of ether oxygens (including phenoxy) is 1. The van der Waals surface area contributed by atoms with Gasteiger partial charge < -0.3 is 19.9 Å². The highest BCUT2D eigenvalue weighted by molar-refractivity contribution is 5.85. The molecule has 1 aromatic rings. The van der Waals surface area contributed by atoms with Gasteiger partial charge in [0.25, 0.3) is 0 Å². The number of piperidine rings is 2. The second-order valence-electron chi connectivity index (χ2n) is 8.84. The number of benzene rings is 1. The van der Waals surface area contributed by atoms with Crippen LogP contribution in [0, 0.1) is 11.3 Å². The van der Waals surface area contributed by atoms with Crippen LogP contribution in [-0.4, -0.2) is 67.5 Å². The molecule has 1 atom stereocenters. The number of carbonyl (C=O) groups excluding carboxylic acids is 2. The minimum Gasteiger partial charge on any atom is -0.493 e. The van der Waals surface area contributed by atoms with Crippen molar-refractivity contribution in [3.8, 4) is 5.75 Å². The fourth-order valence-electron chi connectivity index (χ4n) is 5.02. The lowest BCUT2D eigenvalue weighted by Gasteiger charge is -2.41. The highest BCUT2D eigenvalue weighted by atomic mass is 35.5. The Morgan fingerprint density at radius 3 is 2.53 bits per heavy atom. The van der Waals surface area contributed by atoms with Gasteiger partial charge in [-0.2, -0.15) is 0 Å². The van der Waals surface area contributed by atoms with Crippen LogP contribution in [0.5, 0.6) is 5.75 Å². The summed E-state index contributed by atoms with van der Waals surface area (Å²) < 4.78 is 5.65. The van der Waals surface area contributed by atoms with Crippen molar-refractivity contribution in [3.05, 3.63) is 30.3 Å². The highest BCUT2D eigenvalue weighted by Gasteiger charge is 2.39. The molecule has 3 aliphatic heterocycles. The first-order chi connectivity index (χ1) is 14.2. The molecule has 1 spiro atoms. The summed E-state index contributed by atoms with van der Waals surface area (Å²) in [5, 5.41) is 3.48. The second kappa shape index (κ2) is 10.5. The number of nitrogens with one attached hydrogen (secondary N) is 1. The first-order valence-electron chi connectivity index (χ1n) is 11.1. The van der Waals surface area contributed by atoms with Crippen LogP contribution in [0.15, 0.2) is 30.3 Å². The zero-order valence-corrected chi connectivity index (χ0v) is 18.5. The molecule has 0 aromatic heterocycles. The summed E-state index contributed by atoms with van der Waals surface area (Å²) in [6, 6.07) is 9.57. The molecule has 4 rings (SSSR count). The van der Waals surface area contributed by atoms with Gasteiger partial charge in [-0.1, -0.05) is 18.2 Å². The molecular weight excluding hydrogens is 402 g/mol. The predicted octanol–water partition coefficient (Wildman–Crippen LogP) is 2.72. The Hall–Kier alpha value is -1.79. The molecule has 0 bridgehead atoms. The number of rotatable bonds is 5. The van der Waals surface area contributed by atoms with Crippen LogP contribution in [-0.2, 0) is 9.59 Å². The number of nitrogens with zero attached hydrogens (tertiary/aromatic N) is 2. The third-order valence-corrected chi connectivity index (χ3v) is 6.92. The van der Waals surface area contributed by atoms with Gasteiger partial charge >= 0.3 is 0 Å². The van der Waals surface area contributed by atoms with E-state index >= 15 is 0 Å². The maximum absolute atomic E-state index is 13.1. The first kappa shape index (κ1) is 22.9. The Bertz CT molecular complexity index is 699. The average Bonchev–Trinajstić information content (AvgIpc) is 3.22. The molecule has 1 N–H and O–H groups in total. The van der Waals surface area contributed by atoms with Gasteiger partial charge in [-0.3, -0.25) is 9.59 Å². The van der Waals surface area contributed by atoms with E-state index in [0.29, 0.717) is 25.0 Å². The molecule has 1 aromatic carbocycles. The van der Waals surface area contributed by atoms with Crippen LogP contribution in [0.2, 0.25) is 0 Å². The van der Waals surface area contributed by atoms with E-state index in [9.17, 15) is 9.59 Å². The van der Waals surface area contributed by atoms with Crippen LogP contribution in [0.4, 0.5) is 0 Å². The van der Waals surface area contributed by atoms with E-state index in [4.69, 9.17) is 4.74 Å². The molecule has 0 aliphatic carbocycles. The first-order valence-corrected chi connectivity index (χ1v) is 11.1. The van der Waals surface area contributed by atoms with E-state index < -0.39 is 0 Å². The van der Waals surface area contributed by atoms with E-state index in [2.05, 4.69) is 10.2 Å². The molecule has 0 saturated carbocycles. The fourth-order valence-corrected chi connectivity index (χ4v) is 5.02. The molecule has 2 amide bonds. The lowest BCUT2D eigenvalue weighted by atomic mass is 9.77. The van der Waals surface area contributed by atoms with E-state index in [1.165, 1.54) is 6.42 Å². The zero-order valence-electron chi connectivity index (χ0n) is 17.7. The molecule has 3 aliphatic rings. The van der Waals surface area contributed by atoms with Gasteiger partial charge in [0.2, 0.25) is 11.8 Å². The molecule has 7 heteroatoms. The Morgan fingerprint density at radius 2 is 1.83 bits per heavy atom. The van der Waals surface area contributed by atoms with E-state index in [-0.39, 0.29) is 30.1 Å². The van der Waals surface area contributed by atoms with Gasteiger partial charge in [0.05, 0.1) is 18.9 Å². The van der Waals surface area contributed by atoms with Crippen molar-refractivity contribution < 1.29 is 14.3 Å². The third-order valence-electron chi connectivity index (χ3n) is 6.92. The SMILES string of the molecule is Cl.O=C(CCOc1ccccc1)N1CCCC(C(=O)N2CCC3(CCNC3)CC2)C1. The summed E-state index contributed by atoms with van der Waals surface area (Å²) in [4.78, 5) is 29.6. The Morgan fingerprint density at radius 1 is 1.07 bits per heavy atom. The molecule has 3 saturated heterocycles. The van der Waals surface area contributed by atoms with Crippen LogP contribution >= 0.6 is 12.4 Å². The number of hydrogen-bond acceptors (Lipinski definition) is 4. The zero-order chi connectivity index (χ0) is 20.1. The largest absolute Gasteiger partial charge is 0.493 e. The standard InChI is InChI=1S/C23H33N3O3.ClH/c27-21(8-16-29-20-6-2-1-3-7-20)26-13-4-5-19(17-26)22(28)25-14-10-23(11-15-25)9-12-24-18-23;/h1-3,6-7,19,24H,4-5,8-18H2;1H. The van der Waals surface area contributed by atoms with Crippen LogP contribution in [0.3, 0.4) is 0 Å². The lowest BCUT2D eigenvalue weighted by Crippen LogP contribution is -2.50. The Kier molecular flexibility index (Phi) is 8.00. The van der Waals surface area contributed by atoms with Crippen molar-refractivity contribution in [2.24, 2.45) is 11.3 Å². The topological polar surface area (TPSA) is 61.9 Å². The quantitative estimate of drug-likeness (QED) is 0.772. The number of carbonyl (C=O) groups is 2. The smallest absolute Gasteiger partial charge is 0.227 e. The minimum atomic E-state index is -0.0431. The van der Waals surface area contributed by atoms with Gasteiger partial charge in [-0.05, 0) is 56.2 Å². The van der Waals surface area contributed by atoms with E-state index in [1.54, 1.807) is 0 Å². The van der Waals surface area contributed by atoms with Crippen molar-refractivity contribution >= 4 is 24.2 Å². The maximum Gasteiger partial charge on any atom is 0.227 e. The summed E-state index contributed by atoms with van der Waals surface area (Å²) in [5.41, 5.74) is 0.421. The summed E-state index contributed by atoms with van der Waals surface area (Å²) in [6.07, 6.45) is 5.62. The number of likely N-dealkylation sites (tertiary alicyclic amines) is 2. The Labute approximate surface area is 185 Å². The van der Waals surface area contributed by atoms with Gasteiger partial charge in [-0.25, -0.2) is 0 Å². The molecule has 166 valence electrons. The Balaban J connectivity index is 0.00000256. The molecule has 30 heavy (non-hydrogen) atoms. The van der Waals surface area contributed by atoms with E-state index in [0.717, 1.165) is 64.2 Å². The molecule has 6 nitrogen and oxygen atoms in total. The van der Waals surface area contributed by atoms with E-state index in [1.807, 2.05) is 35.2 Å². The van der Waals surface area contributed by atoms with Crippen molar-refractivity contribution in [1.29, 1.82) is 0 Å². The number of hydrogen-bond donors (Lipinski definition) is 1.